The van der Waals surface area contributed by atoms with Gasteiger partial charge in [0.05, 0.1) is 13.2 Å². The molecular weight excluding hydrogens is 316 g/mol. The third-order valence-electron chi connectivity index (χ3n) is 5.33. The quantitative estimate of drug-likeness (QED) is 0.738. The van der Waals surface area contributed by atoms with Crippen molar-refractivity contribution in [1.82, 2.24) is 10.2 Å². The van der Waals surface area contributed by atoms with E-state index in [4.69, 9.17) is 9.47 Å². The molecule has 5 nitrogen and oxygen atoms in total. The molecule has 1 aliphatic carbocycles. The first-order valence-corrected chi connectivity index (χ1v) is 9.68. The van der Waals surface area contributed by atoms with E-state index < -0.39 is 6.10 Å². The fourth-order valence-electron chi connectivity index (χ4n) is 3.76. The zero-order valence-corrected chi connectivity index (χ0v) is 15.3. The van der Waals surface area contributed by atoms with Crippen molar-refractivity contribution < 1.29 is 14.6 Å². The topological polar surface area (TPSA) is 54.0 Å². The summed E-state index contributed by atoms with van der Waals surface area (Å²) in [6.45, 7) is 7.88. The van der Waals surface area contributed by atoms with Crippen molar-refractivity contribution in [2.45, 2.75) is 50.9 Å². The molecule has 1 aromatic rings. The van der Waals surface area contributed by atoms with Crippen molar-refractivity contribution in [3.05, 3.63) is 29.8 Å². The molecule has 3 rings (SSSR count). The van der Waals surface area contributed by atoms with E-state index in [1.807, 2.05) is 31.2 Å². The van der Waals surface area contributed by atoms with Gasteiger partial charge in [-0.25, -0.2) is 0 Å². The first kappa shape index (κ1) is 18.6. The summed E-state index contributed by atoms with van der Waals surface area (Å²) in [4.78, 5) is 2.45. The Morgan fingerprint density at radius 3 is 2.84 bits per heavy atom. The van der Waals surface area contributed by atoms with Crippen LogP contribution in [0.1, 0.15) is 31.2 Å². The van der Waals surface area contributed by atoms with Gasteiger partial charge in [-0.3, -0.25) is 4.90 Å². The predicted molar refractivity (Wildman–Crippen MR) is 99.1 cm³/mol. The SMILES string of the molecule is Cc1ccccc1O[C@@H]1CCC[C@H](NCCCN2CCOCC2)[C@H]1O. The van der Waals surface area contributed by atoms with Gasteiger partial charge in [-0.2, -0.15) is 0 Å². The van der Waals surface area contributed by atoms with Gasteiger partial charge in [0, 0.05) is 19.1 Å². The Bertz CT molecular complexity index is 519. The van der Waals surface area contributed by atoms with Gasteiger partial charge in [0.25, 0.3) is 0 Å². The summed E-state index contributed by atoms with van der Waals surface area (Å²) in [5.74, 6) is 0.888. The largest absolute Gasteiger partial charge is 0.487 e. The second kappa shape index (κ2) is 9.53. The molecule has 1 aliphatic heterocycles. The molecule has 25 heavy (non-hydrogen) atoms. The van der Waals surface area contributed by atoms with E-state index in [1.165, 1.54) is 0 Å². The molecule has 5 heteroatoms. The van der Waals surface area contributed by atoms with Gasteiger partial charge in [0.15, 0.2) is 0 Å². The molecule has 2 N–H and O–H groups in total. The van der Waals surface area contributed by atoms with Crippen molar-refractivity contribution in [3.8, 4) is 5.75 Å². The molecule has 0 unspecified atom stereocenters. The van der Waals surface area contributed by atoms with Crippen molar-refractivity contribution in [2.24, 2.45) is 0 Å². The van der Waals surface area contributed by atoms with E-state index >= 15 is 0 Å². The maximum Gasteiger partial charge on any atom is 0.126 e. The fourth-order valence-corrected chi connectivity index (χ4v) is 3.76. The van der Waals surface area contributed by atoms with Crippen LogP contribution in [0.4, 0.5) is 0 Å². The zero-order chi connectivity index (χ0) is 17.5. The summed E-state index contributed by atoms with van der Waals surface area (Å²) in [6.07, 6.45) is 3.57. The number of morpholine rings is 1. The molecule has 1 saturated carbocycles. The summed E-state index contributed by atoms with van der Waals surface area (Å²) >= 11 is 0. The van der Waals surface area contributed by atoms with Gasteiger partial charge in [-0.05, 0) is 57.3 Å². The highest BCUT2D eigenvalue weighted by molar-refractivity contribution is 5.32. The van der Waals surface area contributed by atoms with E-state index in [0.717, 1.165) is 76.4 Å². The van der Waals surface area contributed by atoms with Crippen LogP contribution in [0.3, 0.4) is 0 Å². The molecule has 0 aromatic heterocycles. The lowest BCUT2D eigenvalue weighted by Gasteiger charge is -2.36. The Morgan fingerprint density at radius 2 is 2.04 bits per heavy atom. The molecule has 3 atom stereocenters. The Morgan fingerprint density at radius 1 is 1.24 bits per heavy atom. The maximum atomic E-state index is 10.7. The van der Waals surface area contributed by atoms with E-state index in [1.54, 1.807) is 0 Å². The number of hydrogen-bond donors (Lipinski definition) is 2. The predicted octanol–water partition coefficient (Wildman–Crippen LogP) is 1.97. The van der Waals surface area contributed by atoms with Crippen molar-refractivity contribution in [2.75, 3.05) is 39.4 Å². The molecule has 140 valence electrons. The van der Waals surface area contributed by atoms with Crippen molar-refractivity contribution in [1.29, 1.82) is 0 Å². The number of aliphatic hydroxyl groups is 1. The monoisotopic (exact) mass is 348 g/mol. The standard InChI is InChI=1S/C20H32N2O3/c1-16-6-2-3-8-18(16)25-19-9-4-7-17(20(19)23)21-10-5-11-22-12-14-24-15-13-22/h2-3,6,8,17,19-21,23H,4-5,7,9-15H2,1H3/t17-,19+,20+/m0/s1. The van der Waals surface area contributed by atoms with Gasteiger partial charge in [0.2, 0.25) is 0 Å². The van der Waals surface area contributed by atoms with Crippen LogP contribution in [0.2, 0.25) is 0 Å². The number of para-hydroxylation sites is 1. The second-order valence-corrected chi connectivity index (χ2v) is 7.21. The molecule has 0 amide bonds. The van der Waals surface area contributed by atoms with Crippen molar-refractivity contribution in [3.63, 3.8) is 0 Å². The number of ether oxygens (including phenoxy) is 2. The van der Waals surface area contributed by atoms with Crippen LogP contribution in [0.5, 0.6) is 5.75 Å². The van der Waals surface area contributed by atoms with E-state index in [-0.39, 0.29) is 12.1 Å². The summed E-state index contributed by atoms with van der Waals surface area (Å²) in [5, 5.41) is 14.3. The Kier molecular flexibility index (Phi) is 7.11. The first-order chi connectivity index (χ1) is 12.2. The van der Waals surface area contributed by atoms with Gasteiger partial charge in [-0.1, -0.05) is 18.2 Å². The summed E-state index contributed by atoms with van der Waals surface area (Å²) < 4.78 is 11.5. The van der Waals surface area contributed by atoms with Gasteiger partial charge < -0.3 is 19.9 Å². The summed E-state index contributed by atoms with van der Waals surface area (Å²) in [7, 11) is 0. The fraction of sp³-hybridized carbons (Fsp3) is 0.700. The molecule has 0 bridgehead atoms. The number of nitrogens with one attached hydrogen (secondary N) is 1. The minimum atomic E-state index is -0.447. The van der Waals surface area contributed by atoms with Gasteiger partial charge >= 0.3 is 0 Å². The Balaban J connectivity index is 1.42. The molecule has 2 fully saturated rings. The first-order valence-electron chi connectivity index (χ1n) is 9.68. The van der Waals surface area contributed by atoms with Crippen molar-refractivity contribution >= 4 is 0 Å². The lowest BCUT2D eigenvalue weighted by atomic mass is 9.89. The van der Waals surface area contributed by atoms with E-state index in [0.29, 0.717) is 0 Å². The highest BCUT2D eigenvalue weighted by Gasteiger charge is 2.33. The molecule has 0 spiro atoms. The van der Waals surface area contributed by atoms with Crippen LogP contribution in [-0.2, 0) is 4.74 Å². The third kappa shape index (κ3) is 5.42. The van der Waals surface area contributed by atoms with E-state index in [9.17, 15) is 5.11 Å². The zero-order valence-electron chi connectivity index (χ0n) is 15.3. The number of aryl methyl sites for hydroxylation is 1. The minimum Gasteiger partial charge on any atom is -0.487 e. The normalized spacial score (nSPS) is 28.0. The molecule has 1 heterocycles. The number of benzene rings is 1. The number of rotatable bonds is 7. The highest BCUT2D eigenvalue weighted by Crippen LogP contribution is 2.26. The summed E-state index contributed by atoms with van der Waals surface area (Å²) in [6, 6.07) is 8.16. The van der Waals surface area contributed by atoms with Gasteiger partial charge in [0.1, 0.15) is 18.0 Å². The van der Waals surface area contributed by atoms with Crippen LogP contribution >= 0.6 is 0 Å². The number of hydrogen-bond acceptors (Lipinski definition) is 5. The number of aliphatic hydroxyl groups excluding tert-OH is 1. The lowest BCUT2D eigenvalue weighted by Crippen LogP contribution is -2.51. The summed E-state index contributed by atoms with van der Waals surface area (Å²) in [5.41, 5.74) is 1.12. The lowest BCUT2D eigenvalue weighted by molar-refractivity contribution is -0.0159. The number of nitrogens with zero attached hydrogens (tertiary/aromatic N) is 1. The molecular formula is C20H32N2O3. The molecule has 1 saturated heterocycles. The molecule has 1 aromatic carbocycles. The van der Waals surface area contributed by atoms with Gasteiger partial charge in [-0.15, -0.1) is 0 Å². The Hall–Kier alpha value is -1.14. The Labute approximate surface area is 151 Å². The maximum absolute atomic E-state index is 10.7. The van der Waals surface area contributed by atoms with Crippen LogP contribution in [-0.4, -0.2) is 67.6 Å². The van der Waals surface area contributed by atoms with Crippen LogP contribution in [0, 0.1) is 6.92 Å². The molecule has 0 radical (unpaired) electrons. The average molecular weight is 348 g/mol. The smallest absolute Gasteiger partial charge is 0.126 e. The van der Waals surface area contributed by atoms with Crippen LogP contribution in [0.25, 0.3) is 0 Å². The molecule has 2 aliphatic rings. The third-order valence-corrected chi connectivity index (χ3v) is 5.33. The van der Waals surface area contributed by atoms with Crippen LogP contribution < -0.4 is 10.1 Å². The van der Waals surface area contributed by atoms with E-state index in [2.05, 4.69) is 10.2 Å². The second-order valence-electron chi connectivity index (χ2n) is 7.21. The van der Waals surface area contributed by atoms with Crippen LogP contribution in [0.15, 0.2) is 24.3 Å². The highest BCUT2D eigenvalue weighted by atomic mass is 16.5. The average Bonchev–Trinajstić information content (AvgIpc) is 2.64. The minimum absolute atomic E-state index is 0.119.